The summed E-state index contributed by atoms with van der Waals surface area (Å²) in [6.45, 7) is 2.25. The van der Waals surface area contributed by atoms with Gasteiger partial charge in [0.25, 0.3) is 0 Å². The third kappa shape index (κ3) is 3.61. The van der Waals surface area contributed by atoms with Crippen molar-refractivity contribution >= 4 is 29.2 Å². The maximum atomic E-state index is 11.0. The average molecular weight is 288 g/mol. The maximum absolute atomic E-state index is 11.0. The number of nitrogens with one attached hydrogen (secondary N) is 1. The van der Waals surface area contributed by atoms with Gasteiger partial charge in [0.2, 0.25) is 0 Å². The van der Waals surface area contributed by atoms with E-state index in [0.29, 0.717) is 10.0 Å². The van der Waals surface area contributed by atoms with Gasteiger partial charge >= 0.3 is 5.97 Å². The third-order valence-corrected chi connectivity index (χ3v) is 3.41. The Bertz CT molecular complexity index is 430. The Morgan fingerprint density at radius 2 is 2.00 bits per heavy atom. The van der Waals surface area contributed by atoms with Crippen LogP contribution in [0.2, 0.25) is 10.0 Å². The van der Waals surface area contributed by atoms with Crippen molar-refractivity contribution in [2.75, 3.05) is 6.54 Å². The van der Waals surface area contributed by atoms with Gasteiger partial charge in [0.05, 0.1) is 0 Å². The minimum absolute atomic E-state index is 0.0356. The van der Waals surface area contributed by atoms with Crippen LogP contribution in [0.15, 0.2) is 18.2 Å². The molecule has 0 aromatic heterocycles. The molecule has 2 atom stereocenters. The fourth-order valence-electron chi connectivity index (χ4n) is 2.25. The highest BCUT2D eigenvalue weighted by Crippen LogP contribution is 2.29. The number of hydrogen-bond donors (Lipinski definition) is 1. The smallest absolute Gasteiger partial charge is 0.302 e. The summed E-state index contributed by atoms with van der Waals surface area (Å²) >= 11 is 12.0. The molecule has 2 unspecified atom stereocenters. The first-order chi connectivity index (χ1) is 8.54. The molecule has 0 aliphatic carbocycles. The van der Waals surface area contributed by atoms with Gasteiger partial charge in [-0.15, -0.1) is 0 Å². The third-order valence-electron chi connectivity index (χ3n) is 2.98. The molecule has 1 saturated heterocycles. The monoisotopic (exact) mass is 287 g/mol. The van der Waals surface area contributed by atoms with Crippen molar-refractivity contribution in [2.24, 2.45) is 0 Å². The molecule has 1 aliphatic rings. The van der Waals surface area contributed by atoms with Gasteiger partial charge in [-0.2, -0.15) is 0 Å². The zero-order chi connectivity index (χ0) is 13.1. The van der Waals surface area contributed by atoms with E-state index in [9.17, 15) is 4.79 Å². The Labute approximate surface area is 116 Å². The van der Waals surface area contributed by atoms with Crippen molar-refractivity contribution < 1.29 is 9.53 Å². The Balaban J connectivity index is 2.10. The fraction of sp³-hybridized carbons (Fsp3) is 0.462. The largest absolute Gasteiger partial charge is 0.462 e. The van der Waals surface area contributed by atoms with E-state index in [4.69, 9.17) is 27.9 Å². The Kier molecular flexibility index (Phi) is 4.49. The summed E-state index contributed by atoms with van der Waals surface area (Å²) in [5.74, 6) is -0.232. The summed E-state index contributed by atoms with van der Waals surface area (Å²) in [7, 11) is 0. The summed E-state index contributed by atoms with van der Waals surface area (Å²) in [4.78, 5) is 11.0. The van der Waals surface area contributed by atoms with Gasteiger partial charge in [-0.05, 0) is 36.7 Å². The molecule has 98 valence electrons. The first-order valence-electron chi connectivity index (χ1n) is 5.91. The van der Waals surface area contributed by atoms with Crippen molar-refractivity contribution in [3.05, 3.63) is 33.8 Å². The van der Waals surface area contributed by atoms with E-state index >= 15 is 0 Å². The van der Waals surface area contributed by atoms with Crippen LogP contribution >= 0.6 is 23.2 Å². The summed E-state index contributed by atoms with van der Waals surface area (Å²) in [6.07, 6.45) is 1.55. The highest BCUT2D eigenvalue weighted by Gasteiger charge is 2.25. The standard InChI is InChI=1S/C13H15Cl2NO2/c1-8(17)18-12-2-3-16-13(7-12)9-4-10(14)6-11(15)5-9/h4-6,12-13,16H,2-3,7H2,1H3. The van der Waals surface area contributed by atoms with Gasteiger partial charge in [0.1, 0.15) is 6.10 Å². The highest BCUT2D eigenvalue weighted by atomic mass is 35.5. The Hall–Kier alpha value is -0.770. The number of benzene rings is 1. The fourth-order valence-corrected chi connectivity index (χ4v) is 2.80. The number of piperidine rings is 1. The van der Waals surface area contributed by atoms with Gasteiger partial charge in [-0.1, -0.05) is 23.2 Å². The molecule has 1 N–H and O–H groups in total. The van der Waals surface area contributed by atoms with Crippen LogP contribution in [-0.2, 0) is 9.53 Å². The van der Waals surface area contributed by atoms with Crippen LogP contribution in [-0.4, -0.2) is 18.6 Å². The maximum Gasteiger partial charge on any atom is 0.302 e. The lowest BCUT2D eigenvalue weighted by atomic mass is 9.95. The van der Waals surface area contributed by atoms with Crippen molar-refractivity contribution in [3.8, 4) is 0 Å². The van der Waals surface area contributed by atoms with E-state index in [1.165, 1.54) is 6.92 Å². The first-order valence-corrected chi connectivity index (χ1v) is 6.67. The van der Waals surface area contributed by atoms with Crippen molar-refractivity contribution in [2.45, 2.75) is 31.9 Å². The van der Waals surface area contributed by atoms with E-state index in [0.717, 1.165) is 24.9 Å². The lowest BCUT2D eigenvalue weighted by Crippen LogP contribution is -2.36. The first kappa shape index (κ1) is 13.7. The summed E-state index contributed by atoms with van der Waals surface area (Å²) < 4.78 is 5.26. The molecule has 0 saturated carbocycles. The number of carbonyl (C=O) groups is 1. The molecule has 2 rings (SSSR count). The molecular weight excluding hydrogens is 273 g/mol. The Morgan fingerprint density at radius 1 is 1.33 bits per heavy atom. The van der Waals surface area contributed by atoms with Gasteiger partial charge < -0.3 is 10.1 Å². The quantitative estimate of drug-likeness (QED) is 0.848. The van der Waals surface area contributed by atoms with E-state index in [1.807, 2.05) is 12.1 Å². The molecule has 1 heterocycles. The van der Waals surface area contributed by atoms with Gasteiger partial charge in [0, 0.05) is 29.4 Å². The topological polar surface area (TPSA) is 38.3 Å². The number of ether oxygens (including phenoxy) is 1. The molecule has 18 heavy (non-hydrogen) atoms. The van der Waals surface area contributed by atoms with Gasteiger partial charge in [0.15, 0.2) is 0 Å². The van der Waals surface area contributed by atoms with Crippen LogP contribution < -0.4 is 5.32 Å². The molecule has 1 aromatic carbocycles. The molecular formula is C13H15Cl2NO2. The Morgan fingerprint density at radius 3 is 2.61 bits per heavy atom. The molecule has 5 heteroatoms. The van der Waals surface area contributed by atoms with Crippen LogP contribution in [0.3, 0.4) is 0 Å². The van der Waals surface area contributed by atoms with Crippen molar-refractivity contribution in [3.63, 3.8) is 0 Å². The molecule has 1 fully saturated rings. The second kappa shape index (κ2) is 5.91. The second-order valence-corrected chi connectivity index (χ2v) is 5.34. The van der Waals surface area contributed by atoms with E-state index in [-0.39, 0.29) is 18.1 Å². The van der Waals surface area contributed by atoms with E-state index in [2.05, 4.69) is 5.32 Å². The van der Waals surface area contributed by atoms with Crippen LogP contribution in [0.1, 0.15) is 31.4 Å². The molecule has 0 spiro atoms. The molecule has 1 aromatic rings. The predicted molar refractivity (Wildman–Crippen MR) is 72.0 cm³/mol. The molecule has 0 radical (unpaired) electrons. The predicted octanol–water partition coefficient (Wildman–Crippen LogP) is 3.35. The van der Waals surface area contributed by atoms with Crippen LogP contribution in [0.5, 0.6) is 0 Å². The minimum atomic E-state index is -0.232. The zero-order valence-corrected chi connectivity index (χ0v) is 11.6. The van der Waals surface area contributed by atoms with Gasteiger partial charge in [-0.3, -0.25) is 4.79 Å². The molecule has 1 aliphatic heterocycles. The normalized spacial score (nSPS) is 23.7. The molecule has 0 amide bonds. The van der Waals surface area contributed by atoms with Crippen LogP contribution in [0.25, 0.3) is 0 Å². The minimum Gasteiger partial charge on any atom is -0.462 e. The lowest BCUT2D eigenvalue weighted by Gasteiger charge is -2.30. The highest BCUT2D eigenvalue weighted by molar-refractivity contribution is 6.34. The number of carbonyl (C=O) groups excluding carboxylic acids is 1. The molecule has 3 nitrogen and oxygen atoms in total. The van der Waals surface area contributed by atoms with Crippen molar-refractivity contribution in [1.82, 2.24) is 5.32 Å². The van der Waals surface area contributed by atoms with Gasteiger partial charge in [-0.25, -0.2) is 0 Å². The number of esters is 1. The number of rotatable bonds is 2. The van der Waals surface area contributed by atoms with Crippen LogP contribution in [0.4, 0.5) is 0 Å². The molecule has 0 bridgehead atoms. The van der Waals surface area contributed by atoms with Crippen molar-refractivity contribution in [1.29, 1.82) is 0 Å². The van der Waals surface area contributed by atoms with E-state index < -0.39 is 0 Å². The van der Waals surface area contributed by atoms with Crippen LogP contribution in [0, 0.1) is 0 Å². The number of hydrogen-bond acceptors (Lipinski definition) is 3. The second-order valence-electron chi connectivity index (χ2n) is 4.47. The lowest BCUT2D eigenvalue weighted by molar-refractivity contribution is -0.147. The SMILES string of the molecule is CC(=O)OC1CCNC(c2cc(Cl)cc(Cl)c2)C1. The summed E-state index contributed by atoms with van der Waals surface area (Å²) in [5, 5.41) is 4.62. The zero-order valence-electron chi connectivity index (χ0n) is 10.1. The summed E-state index contributed by atoms with van der Waals surface area (Å²) in [5.41, 5.74) is 1.03. The van der Waals surface area contributed by atoms with E-state index in [1.54, 1.807) is 6.07 Å². The summed E-state index contributed by atoms with van der Waals surface area (Å²) in [6, 6.07) is 5.61. The average Bonchev–Trinajstić information content (AvgIpc) is 2.27. The number of halogens is 2.